The number of nitrogens with zero attached hydrogens (tertiary/aromatic N) is 1. The Morgan fingerprint density at radius 3 is 2.88 bits per heavy atom. The normalized spacial score (nSPS) is 21.9. The number of hydrogen-bond donors (Lipinski definition) is 1. The van der Waals surface area contributed by atoms with Gasteiger partial charge in [0.15, 0.2) is 0 Å². The van der Waals surface area contributed by atoms with E-state index in [0.717, 1.165) is 31.7 Å². The molecule has 1 atom stereocenters. The Morgan fingerprint density at radius 1 is 1.31 bits per heavy atom. The Hall–Kier alpha value is -0.440. The van der Waals surface area contributed by atoms with Gasteiger partial charge in [0.2, 0.25) is 0 Å². The van der Waals surface area contributed by atoms with Gasteiger partial charge in [0, 0.05) is 24.8 Å². The van der Waals surface area contributed by atoms with Crippen molar-refractivity contribution in [1.29, 1.82) is 0 Å². The number of anilines is 1. The van der Waals surface area contributed by atoms with Crippen LogP contribution in [0.1, 0.15) is 13.3 Å². The van der Waals surface area contributed by atoms with Gasteiger partial charge in [-0.2, -0.15) is 0 Å². The van der Waals surface area contributed by atoms with Gasteiger partial charge >= 0.3 is 0 Å². The van der Waals surface area contributed by atoms with Crippen LogP contribution in [-0.4, -0.2) is 25.7 Å². The van der Waals surface area contributed by atoms with Gasteiger partial charge in [0.05, 0.1) is 10.0 Å². The third-order valence-corrected chi connectivity index (χ3v) is 3.60. The standard InChI is InChI=1S/C12H16Cl2N2/c1-9-8-16(6-2-5-15-9)10-3-4-11(13)12(14)7-10/h3-4,7,9,15H,2,5-6,8H2,1H3. The molecule has 1 fully saturated rings. The summed E-state index contributed by atoms with van der Waals surface area (Å²) in [7, 11) is 0. The lowest BCUT2D eigenvalue weighted by Crippen LogP contribution is -2.35. The van der Waals surface area contributed by atoms with Gasteiger partial charge in [-0.1, -0.05) is 23.2 Å². The molecule has 0 radical (unpaired) electrons. The molecule has 4 heteroatoms. The van der Waals surface area contributed by atoms with Crippen molar-refractivity contribution in [2.75, 3.05) is 24.5 Å². The first-order chi connectivity index (χ1) is 7.66. The van der Waals surface area contributed by atoms with E-state index in [9.17, 15) is 0 Å². The van der Waals surface area contributed by atoms with E-state index < -0.39 is 0 Å². The molecule has 0 saturated carbocycles. The molecule has 88 valence electrons. The topological polar surface area (TPSA) is 15.3 Å². The summed E-state index contributed by atoms with van der Waals surface area (Å²) < 4.78 is 0. The molecule has 0 aliphatic carbocycles. The van der Waals surface area contributed by atoms with Crippen LogP contribution in [0.15, 0.2) is 18.2 Å². The quantitative estimate of drug-likeness (QED) is 0.833. The lowest BCUT2D eigenvalue weighted by Gasteiger charge is -2.25. The summed E-state index contributed by atoms with van der Waals surface area (Å²) in [5, 5.41) is 4.72. The zero-order valence-electron chi connectivity index (χ0n) is 9.34. The minimum Gasteiger partial charge on any atom is -0.370 e. The van der Waals surface area contributed by atoms with Crippen LogP contribution >= 0.6 is 23.2 Å². The zero-order chi connectivity index (χ0) is 11.5. The van der Waals surface area contributed by atoms with Gasteiger partial charge in [-0.3, -0.25) is 0 Å². The molecular formula is C12H16Cl2N2. The van der Waals surface area contributed by atoms with Gasteiger partial charge in [-0.05, 0) is 38.1 Å². The summed E-state index contributed by atoms with van der Waals surface area (Å²) in [6.45, 7) is 5.36. The second kappa shape index (κ2) is 5.26. The smallest absolute Gasteiger partial charge is 0.0612 e. The van der Waals surface area contributed by atoms with Crippen molar-refractivity contribution in [2.45, 2.75) is 19.4 Å². The summed E-state index contributed by atoms with van der Waals surface area (Å²) in [4.78, 5) is 2.35. The van der Waals surface area contributed by atoms with Gasteiger partial charge < -0.3 is 10.2 Å². The molecule has 1 aliphatic rings. The third-order valence-electron chi connectivity index (χ3n) is 2.86. The van der Waals surface area contributed by atoms with Crippen molar-refractivity contribution >= 4 is 28.9 Å². The van der Waals surface area contributed by atoms with Crippen molar-refractivity contribution in [3.63, 3.8) is 0 Å². The summed E-state index contributed by atoms with van der Waals surface area (Å²) in [6, 6.07) is 6.35. The highest BCUT2D eigenvalue weighted by Crippen LogP contribution is 2.27. The summed E-state index contributed by atoms with van der Waals surface area (Å²) >= 11 is 12.0. The van der Waals surface area contributed by atoms with Crippen molar-refractivity contribution in [2.24, 2.45) is 0 Å². The summed E-state index contributed by atoms with van der Waals surface area (Å²) in [6.07, 6.45) is 1.16. The SMILES string of the molecule is CC1CN(c2ccc(Cl)c(Cl)c2)CCCN1. The largest absolute Gasteiger partial charge is 0.370 e. The Bertz CT molecular complexity index is 368. The van der Waals surface area contributed by atoms with E-state index in [1.54, 1.807) is 0 Å². The first-order valence-corrected chi connectivity index (χ1v) is 6.36. The molecule has 1 unspecified atom stereocenters. The average Bonchev–Trinajstić information content (AvgIpc) is 2.47. The van der Waals surface area contributed by atoms with E-state index in [-0.39, 0.29) is 0 Å². The number of nitrogens with one attached hydrogen (secondary N) is 1. The molecular weight excluding hydrogens is 243 g/mol. The van der Waals surface area contributed by atoms with E-state index in [4.69, 9.17) is 23.2 Å². The van der Waals surface area contributed by atoms with Gasteiger partial charge in [-0.15, -0.1) is 0 Å². The number of rotatable bonds is 1. The van der Waals surface area contributed by atoms with Crippen molar-refractivity contribution < 1.29 is 0 Å². The molecule has 2 nitrogen and oxygen atoms in total. The second-order valence-corrected chi connectivity index (χ2v) is 5.07. The molecule has 1 saturated heterocycles. The van der Waals surface area contributed by atoms with Gasteiger partial charge in [0.25, 0.3) is 0 Å². The van der Waals surface area contributed by atoms with Crippen LogP contribution in [0.3, 0.4) is 0 Å². The Balaban J connectivity index is 2.18. The highest BCUT2D eigenvalue weighted by atomic mass is 35.5. The molecule has 0 amide bonds. The maximum atomic E-state index is 6.04. The maximum absolute atomic E-state index is 6.04. The van der Waals surface area contributed by atoms with E-state index in [0.29, 0.717) is 16.1 Å². The van der Waals surface area contributed by atoms with Gasteiger partial charge in [0.1, 0.15) is 0 Å². The Labute approximate surface area is 107 Å². The van der Waals surface area contributed by atoms with Crippen LogP contribution in [-0.2, 0) is 0 Å². The lowest BCUT2D eigenvalue weighted by atomic mass is 10.2. The first-order valence-electron chi connectivity index (χ1n) is 5.60. The highest BCUT2D eigenvalue weighted by molar-refractivity contribution is 6.42. The van der Waals surface area contributed by atoms with E-state index in [2.05, 4.69) is 17.1 Å². The number of halogens is 2. The highest BCUT2D eigenvalue weighted by Gasteiger charge is 2.14. The average molecular weight is 259 g/mol. The number of benzene rings is 1. The van der Waals surface area contributed by atoms with E-state index in [1.807, 2.05) is 18.2 Å². The molecule has 0 bridgehead atoms. The maximum Gasteiger partial charge on any atom is 0.0612 e. The molecule has 1 aromatic carbocycles. The van der Waals surface area contributed by atoms with Crippen molar-refractivity contribution in [3.05, 3.63) is 28.2 Å². The molecule has 1 N–H and O–H groups in total. The Kier molecular flexibility index (Phi) is 3.95. The lowest BCUT2D eigenvalue weighted by molar-refractivity contribution is 0.585. The molecule has 1 heterocycles. The van der Waals surface area contributed by atoms with Crippen LogP contribution in [0, 0.1) is 0 Å². The minimum atomic E-state index is 0.511. The number of hydrogen-bond acceptors (Lipinski definition) is 2. The van der Waals surface area contributed by atoms with Gasteiger partial charge in [-0.25, -0.2) is 0 Å². The summed E-state index contributed by atoms with van der Waals surface area (Å²) in [5.41, 5.74) is 1.16. The van der Waals surface area contributed by atoms with E-state index in [1.165, 1.54) is 0 Å². The molecule has 2 rings (SSSR count). The Morgan fingerprint density at radius 2 is 2.12 bits per heavy atom. The fourth-order valence-corrected chi connectivity index (χ4v) is 2.31. The second-order valence-electron chi connectivity index (χ2n) is 4.25. The molecule has 1 aromatic rings. The van der Waals surface area contributed by atoms with E-state index >= 15 is 0 Å². The summed E-state index contributed by atoms with van der Waals surface area (Å²) in [5.74, 6) is 0. The fraction of sp³-hybridized carbons (Fsp3) is 0.500. The van der Waals surface area contributed by atoms with Crippen molar-refractivity contribution in [1.82, 2.24) is 5.32 Å². The van der Waals surface area contributed by atoms with Crippen LogP contribution in [0.2, 0.25) is 10.0 Å². The predicted molar refractivity (Wildman–Crippen MR) is 70.8 cm³/mol. The van der Waals surface area contributed by atoms with Crippen LogP contribution in [0.25, 0.3) is 0 Å². The fourth-order valence-electron chi connectivity index (χ4n) is 2.02. The zero-order valence-corrected chi connectivity index (χ0v) is 10.9. The first kappa shape index (κ1) is 12.0. The molecule has 1 aliphatic heterocycles. The minimum absolute atomic E-state index is 0.511. The third kappa shape index (κ3) is 2.82. The molecule has 0 aromatic heterocycles. The molecule has 0 spiro atoms. The van der Waals surface area contributed by atoms with Crippen LogP contribution in [0.4, 0.5) is 5.69 Å². The monoisotopic (exact) mass is 258 g/mol. The van der Waals surface area contributed by atoms with Crippen LogP contribution in [0.5, 0.6) is 0 Å². The van der Waals surface area contributed by atoms with Crippen molar-refractivity contribution in [3.8, 4) is 0 Å². The predicted octanol–water partition coefficient (Wildman–Crippen LogP) is 3.18. The molecule has 16 heavy (non-hydrogen) atoms. The van der Waals surface area contributed by atoms with Crippen LogP contribution < -0.4 is 10.2 Å².